The van der Waals surface area contributed by atoms with E-state index in [-0.39, 0.29) is 0 Å². The van der Waals surface area contributed by atoms with E-state index in [1.165, 1.54) is 31.4 Å². The van der Waals surface area contributed by atoms with Gasteiger partial charge in [0.1, 0.15) is 0 Å². The van der Waals surface area contributed by atoms with E-state index in [4.69, 9.17) is 0 Å². The molecule has 2 saturated heterocycles. The maximum atomic E-state index is 4.68. The molecule has 27 heavy (non-hydrogen) atoms. The third kappa shape index (κ3) is 4.66. The highest BCUT2D eigenvalue weighted by molar-refractivity contribution is 5.60. The van der Waals surface area contributed by atoms with E-state index in [9.17, 15) is 0 Å². The van der Waals surface area contributed by atoms with Crippen LogP contribution in [-0.2, 0) is 0 Å². The van der Waals surface area contributed by atoms with Crippen molar-refractivity contribution < 1.29 is 0 Å². The lowest BCUT2D eigenvalue weighted by Gasteiger charge is -2.34. The average molecular weight is 368 g/mol. The second kappa shape index (κ2) is 8.52. The van der Waals surface area contributed by atoms with Crippen molar-refractivity contribution in [2.45, 2.75) is 25.7 Å². The maximum Gasteiger partial charge on any atom is 0.249 e. The number of likely N-dealkylation sites (N-methyl/N-ethyl adjacent to an activating group) is 1. The molecule has 7 nitrogen and oxygen atoms in total. The van der Waals surface area contributed by atoms with Crippen LogP contribution in [0.3, 0.4) is 0 Å². The summed E-state index contributed by atoms with van der Waals surface area (Å²) in [6.07, 6.45) is 6.83. The van der Waals surface area contributed by atoms with Crippen molar-refractivity contribution in [1.82, 2.24) is 20.1 Å². The number of benzene rings is 1. The normalized spacial score (nSPS) is 19.0. The molecule has 2 aromatic rings. The Morgan fingerprint density at radius 1 is 0.815 bits per heavy atom. The zero-order valence-electron chi connectivity index (χ0n) is 16.1. The molecule has 0 radical (unpaired) electrons. The van der Waals surface area contributed by atoms with Crippen LogP contribution in [-0.4, -0.2) is 66.4 Å². The van der Waals surface area contributed by atoms with Gasteiger partial charge in [0.05, 0.1) is 6.20 Å². The molecule has 2 fully saturated rings. The van der Waals surface area contributed by atoms with Gasteiger partial charge in [-0.3, -0.25) is 0 Å². The molecule has 0 atom stereocenters. The van der Waals surface area contributed by atoms with Crippen molar-refractivity contribution in [3.63, 3.8) is 0 Å². The summed E-state index contributed by atoms with van der Waals surface area (Å²) in [5.74, 6) is 1.48. The number of piperazine rings is 1. The molecule has 7 heteroatoms. The summed E-state index contributed by atoms with van der Waals surface area (Å²) in [5.41, 5.74) is 2.26. The molecule has 4 rings (SSSR count). The highest BCUT2D eigenvalue weighted by Crippen LogP contribution is 2.22. The molecule has 3 heterocycles. The van der Waals surface area contributed by atoms with Gasteiger partial charge in [-0.15, -0.1) is 5.10 Å². The first-order valence-corrected chi connectivity index (χ1v) is 10.0. The standard InChI is InChI=1S/C20H29N7/c1-25-12-14-26(15-13-25)18-8-6-17(7-9-18)22-20-23-19(16-21-24-20)27-10-4-2-3-5-11-27/h6-9,16H,2-5,10-15H2,1H3,(H,22,23,24). The zero-order chi connectivity index (χ0) is 18.5. The molecule has 0 bridgehead atoms. The minimum absolute atomic E-state index is 0.559. The molecule has 1 N–H and O–H groups in total. The van der Waals surface area contributed by atoms with E-state index in [1.54, 1.807) is 6.20 Å². The Kier molecular flexibility index (Phi) is 5.67. The topological polar surface area (TPSA) is 60.4 Å². The molecule has 2 aliphatic heterocycles. The number of anilines is 4. The molecule has 0 amide bonds. The lowest BCUT2D eigenvalue weighted by atomic mass is 10.2. The summed E-state index contributed by atoms with van der Waals surface area (Å²) in [5, 5.41) is 11.6. The quantitative estimate of drug-likeness (QED) is 0.891. The number of nitrogens with one attached hydrogen (secondary N) is 1. The van der Waals surface area contributed by atoms with Crippen molar-refractivity contribution in [2.75, 3.05) is 61.4 Å². The van der Waals surface area contributed by atoms with Gasteiger partial charge >= 0.3 is 0 Å². The third-order valence-electron chi connectivity index (χ3n) is 5.47. The fourth-order valence-corrected chi connectivity index (χ4v) is 3.75. The number of hydrogen-bond donors (Lipinski definition) is 1. The molecule has 0 aliphatic carbocycles. The second-order valence-electron chi connectivity index (χ2n) is 7.50. The first kappa shape index (κ1) is 18.0. The predicted molar refractivity (Wildman–Crippen MR) is 110 cm³/mol. The highest BCUT2D eigenvalue weighted by atomic mass is 15.3. The first-order valence-electron chi connectivity index (χ1n) is 10.0. The fraction of sp³-hybridized carbons (Fsp3) is 0.550. The number of nitrogens with zero attached hydrogens (tertiary/aromatic N) is 6. The van der Waals surface area contributed by atoms with Crippen LogP contribution in [0.25, 0.3) is 0 Å². The van der Waals surface area contributed by atoms with Crippen LogP contribution in [0.4, 0.5) is 23.1 Å². The summed E-state index contributed by atoms with van der Waals surface area (Å²) >= 11 is 0. The lowest BCUT2D eigenvalue weighted by molar-refractivity contribution is 0.313. The van der Waals surface area contributed by atoms with Crippen LogP contribution in [0, 0.1) is 0 Å². The van der Waals surface area contributed by atoms with Crippen molar-refractivity contribution in [3.05, 3.63) is 30.5 Å². The van der Waals surface area contributed by atoms with Gasteiger partial charge in [-0.25, -0.2) is 0 Å². The number of aromatic nitrogens is 3. The van der Waals surface area contributed by atoms with Gasteiger partial charge in [0.25, 0.3) is 0 Å². The molecular formula is C20H29N7. The summed E-state index contributed by atoms with van der Waals surface area (Å²) in [6.45, 7) is 6.49. The van der Waals surface area contributed by atoms with Crippen LogP contribution in [0.1, 0.15) is 25.7 Å². The zero-order valence-corrected chi connectivity index (χ0v) is 16.1. The smallest absolute Gasteiger partial charge is 0.249 e. The molecular weight excluding hydrogens is 338 g/mol. The molecule has 1 aromatic heterocycles. The Bertz CT molecular complexity index is 717. The molecule has 144 valence electrons. The van der Waals surface area contributed by atoms with Crippen molar-refractivity contribution >= 4 is 23.1 Å². The SMILES string of the molecule is CN1CCN(c2ccc(Nc3nncc(N4CCCCCC4)n3)cc2)CC1. The minimum Gasteiger partial charge on any atom is -0.369 e. The van der Waals surface area contributed by atoms with E-state index < -0.39 is 0 Å². The predicted octanol–water partition coefficient (Wildman–Crippen LogP) is 2.75. The van der Waals surface area contributed by atoms with Gasteiger partial charge in [0.15, 0.2) is 5.82 Å². The third-order valence-corrected chi connectivity index (χ3v) is 5.47. The van der Waals surface area contributed by atoms with E-state index in [0.717, 1.165) is 50.8 Å². The summed E-state index contributed by atoms with van der Waals surface area (Å²) in [4.78, 5) is 11.8. The Labute approximate surface area is 161 Å². The second-order valence-corrected chi connectivity index (χ2v) is 7.50. The summed E-state index contributed by atoms with van der Waals surface area (Å²) < 4.78 is 0. The van der Waals surface area contributed by atoms with Gasteiger partial charge in [-0.1, -0.05) is 12.8 Å². The van der Waals surface area contributed by atoms with Crippen molar-refractivity contribution in [3.8, 4) is 0 Å². The van der Waals surface area contributed by atoms with E-state index in [2.05, 4.69) is 66.5 Å². The Morgan fingerprint density at radius 2 is 1.52 bits per heavy atom. The lowest BCUT2D eigenvalue weighted by Crippen LogP contribution is -2.44. The summed E-state index contributed by atoms with van der Waals surface area (Å²) in [6, 6.07) is 8.52. The molecule has 0 spiro atoms. The fourth-order valence-electron chi connectivity index (χ4n) is 3.75. The van der Waals surface area contributed by atoms with Crippen LogP contribution in [0.2, 0.25) is 0 Å². The molecule has 0 unspecified atom stereocenters. The van der Waals surface area contributed by atoms with E-state index in [0.29, 0.717) is 5.95 Å². The van der Waals surface area contributed by atoms with Gasteiger partial charge < -0.3 is 20.0 Å². The maximum absolute atomic E-state index is 4.68. The molecule has 1 aromatic carbocycles. The van der Waals surface area contributed by atoms with Crippen LogP contribution in [0.5, 0.6) is 0 Å². The molecule has 0 saturated carbocycles. The van der Waals surface area contributed by atoms with Gasteiger partial charge in [0.2, 0.25) is 5.95 Å². The monoisotopic (exact) mass is 367 g/mol. The van der Waals surface area contributed by atoms with Crippen molar-refractivity contribution in [2.24, 2.45) is 0 Å². The van der Waals surface area contributed by atoms with Crippen LogP contribution in [0.15, 0.2) is 30.5 Å². The van der Waals surface area contributed by atoms with Gasteiger partial charge in [-0.05, 0) is 44.2 Å². The Balaban J connectivity index is 1.41. The Hall–Kier alpha value is -2.41. The van der Waals surface area contributed by atoms with Crippen LogP contribution >= 0.6 is 0 Å². The van der Waals surface area contributed by atoms with E-state index >= 15 is 0 Å². The van der Waals surface area contributed by atoms with E-state index in [1.807, 2.05) is 0 Å². The Morgan fingerprint density at radius 3 is 2.22 bits per heavy atom. The first-order chi connectivity index (χ1) is 13.3. The number of rotatable bonds is 4. The summed E-state index contributed by atoms with van der Waals surface area (Å²) in [7, 11) is 2.18. The minimum atomic E-state index is 0.559. The highest BCUT2D eigenvalue weighted by Gasteiger charge is 2.15. The van der Waals surface area contributed by atoms with Gasteiger partial charge in [-0.2, -0.15) is 10.1 Å². The number of hydrogen-bond acceptors (Lipinski definition) is 7. The van der Waals surface area contributed by atoms with Crippen molar-refractivity contribution in [1.29, 1.82) is 0 Å². The average Bonchev–Trinajstić information content (AvgIpc) is 2.99. The molecule has 2 aliphatic rings. The largest absolute Gasteiger partial charge is 0.369 e. The van der Waals surface area contributed by atoms with Gasteiger partial charge in [0, 0.05) is 50.6 Å². The van der Waals surface area contributed by atoms with Crippen LogP contribution < -0.4 is 15.1 Å².